The summed E-state index contributed by atoms with van der Waals surface area (Å²) in [6.07, 6.45) is 3.22. The number of benzene rings is 2. The number of aromatic nitrogens is 1. The van der Waals surface area contributed by atoms with Gasteiger partial charge in [-0.25, -0.2) is 18.2 Å². The Morgan fingerprint density at radius 2 is 1.94 bits per heavy atom. The third-order valence-corrected chi connectivity index (χ3v) is 11.8. The number of hydrogen-bond acceptors (Lipinski definition) is 10. The van der Waals surface area contributed by atoms with Gasteiger partial charge in [0.05, 0.1) is 40.5 Å². The molecular formula is C34H46N4O7S2. The lowest BCUT2D eigenvalue weighted by Crippen LogP contribution is -2.51. The molecule has 256 valence electrons. The molecule has 0 radical (unpaired) electrons. The van der Waals surface area contributed by atoms with Crippen molar-refractivity contribution < 1.29 is 32.5 Å². The summed E-state index contributed by atoms with van der Waals surface area (Å²) < 4.78 is 47.3. The molecule has 11 nitrogen and oxygen atoms in total. The summed E-state index contributed by atoms with van der Waals surface area (Å²) in [6.45, 7) is 5.39. The second kappa shape index (κ2) is 15.2. The van der Waals surface area contributed by atoms with E-state index in [1.54, 1.807) is 18.2 Å². The third kappa shape index (κ3) is 8.81. The lowest BCUT2D eigenvalue weighted by Gasteiger charge is -2.30. The monoisotopic (exact) mass is 686 g/mol. The number of fused-ring (bicyclic) bond motifs is 2. The Labute approximate surface area is 281 Å². The number of carbonyl (C=O) groups excluding carboxylic acids is 1. The van der Waals surface area contributed by atoms with Crippen LogP contribution in [0.25, 0.3) is 10.2 Å². The fourth-order valence-corrected chi connectivity index (χ4v) is 9.09. The predicted molar refractivity (Wildman–Crippen MR) is 181 cm³/mol. The average molecular weight is 687 g/mol. The molecule has 0 spiro atoms. The van der Waals surface area contributed by atoms with E-state index in [1.807, 2.05) is 44.2 Å². The second-order valence-electron chi connectivity index (χ2n) is 13.4. The molecule has 1 amide bonds. The van der Waals surface area contributed by atoms with Crippen molar-refractivity contribution in [1.29, 1.82) is 0 Å². The molecule has 3 heterocycles. The molecule has 5 atom stereocenters. The van der Waals surface area contributed by atoms with E-state index in [9.17, 15) is 18.3 Å². The average Bonchev–Trinajstić information content (AvgIpc) is 3.62. The largest absolute Gasteiger partial charge is 0.450 e. The van der Waals surface area contributed by atoms with E-state index in [0.717, 1.165) is 46.6 Å². The van der Waals surface area contributed by atoms with Crippen molar-refractivity contribution in [3.05, 3.63) is 54.1 Å². The summed E-state index contributed by atoms with van der Waals surface area (Å²) in [5, 5.41) is 18.6. The SMILES string of the molecule is CC(C)CN(C[C@@H](O)[C@H](Cc1ccccc1)NC(=O)OCC[C@@H]1CO[C@@H]2OCCC[C@H]12)S(=O)(=O)c1ccc2nc(NC3CC3)sc2c1. The normalized spacial score (nSPS) is 22.7. The van der Waals surface area contributed by atoms with Gasteiger partial charge in [0.15, 0.2) is 11.4 Å². The van der Waals surface area contributed by atoms with Crippen LogP contribution >= 0.6 is 11.3 Å². The number of nitrogens with one attached hydrogen (secondary N) is 2. The molecule has 3 aromatic rings. The van der Waals surface area contributed by atoms with Gasteiger partial charge in [-0.3, -0.25) is 0 Å². The minimum absolute atomic E-state index is 0.00215. The first-order chi connectivity index (χ1) is 22.7. The number of aliphatic hydroxyl groups is 1. The number of hydrogen-bond donors (Lipinski definition) is 3. The van der Waals surface area contributed by atoms with E-state index in [-0.39, 0.29) is 42.7 Å². The predicted octanol–water partition coefficient (Wildman–Crippen LogP) is 5.00. The fourth-order valence-electron chi connectivity index (χ4n) is 6.39. The summed E-state index contributed by atoms with van der Waals surface area (Å²) in [4.78, 5) is 17.8. The summed E-state index contributed by atoms with van der Waals surface area (Å²) in [5.41, 5.74) is 1.64. The lowest BCUT2D eigenvalue weighted by molar-refractivity contribution is -0.151. The summed E-state index contributed by atoms with van der Waals surface area (Å²) in [6, 6.07) is 14.1. The highest BCUT2D eigenvalue weighted by atomic mass is 32.2. The van der Waals surface area contributed by atoms with Crippen molar-refractivity contribution in [3.8, 4) is 0 Å². The Morgan fingerprint density at radius 1 is 1.13 bits per heavy atom. The van der Waals surface area contributed by atoms with Gasteiger partial charge in [-0.15, -0.1) is 0 Å². The first-order valence-electron chi connectivity index (χ1n) is 16.7. The molecular weight excluding hydrogens is 641 g/mol. The zero-order valence-corrected chi connectivity index (χ0v) is 28.7. The van der Waals surface area contributed by atoms with Crippen LogP contribution in [0.4, 0.5) is 9.93 Å². The van der Waals surface area contributed by atoms with Crippen molar-refractivity contribution in [2.24, 2.45) is 17.8 Å². The summed E-state index contributed by atoms with van der Waals surface area (Å²) in [5.74, 6) is 0.576. The van der Waals surface area contributed by atoms with Crippen LogP contribution in [0.1, 0.15) is 51.5 Å². The van der Waals surface area contributed by atoms with Crippen LogP contribution in [-0.2, 0) is 30.7 Å². The highest BCUT2D eigenvalue weighted by Crippen LogP contribution is 2.37. The molecule has 3 aliphatic rings. The van der Waals surface area contributed by atoms with Crippen molar-refractivity contribution in [2.45, 2.75) is 81.7 Å². The van der Waals surface area contributed by atoms with E-state index in [4.69, 9.17) is 14.2 Å². The molecule has 1 aromatic heterocycles. The fraction of sp³-hybridized carbons (Fsp3) is 0.588. The van der Waals surface area contributed by atoms with Gasteiger partial charge in [0.25, 0.3) is 0 Å². The number of ether oxygens (including phenoxy) is 3. The zero-order valence-electron chi connectivity index (χ0n) is 27.0. The summed E-state index contributed by atoms with van der Waals surface area (Å²) in [7, 11) is -3.99. The van der Waals surface area contributed by atoms with Crippen LogP contribution < -0.4 is 10.6 Å². The molecule has 3 N–H and O–H groups in total. The smallest absolute Gasteiger partial charge is 0.407 e. The van der Waals surface area contributed by atoms with E-state index in [1.165, 1.54) is 15.6 Å². The highest BCUT2D eigenvalue weighted by Gasteiger charge is 2.39. The quantitative estimate of drug-likeness (QED) is 0.202. The topological polar surface area (TPSA) is 139 Å². The van der Waals surface area contributed by atoms with Crippen LogP contribution in [0.15, 0.2) is 53.4 Å². The van der Waals surface area contributed by atoms with Crippen molar-refractivity contribution in [2.75, 3.05) is 38.2 Å². The van der Waals surface area contributed by atoms with Crippen LogP contribution in [0, 0.1) is 17.8 Å². The maximum absolute atomic E-state index is 14.1. The first-order valence-corrected chi connectivity index (χ1v) is 19.0. The number of amides is 1. The Bertz CT molecular complexity index is 1600. The summed E-state index contributed by atoms with van der Waals surface area (Å²) >= 11 is 1.44. The molecule has 47 heavy (non-hydrogen) atoms. The van der Waals surface area contributed by atoms with Gasteiger partial charge >= 0.3 is 6.09 Å². The maximum Gasteiger partial charge on any atom is 0.407 e. The van der Waals surface area contributed by atoms with Crippen LogP contribution in [0.2, 0.25) is 0 Å². The number of sulfonamides is 1. The molecule has 0 bridgehead atoms. The molecule has 1 saturated carbocycles. The number of thiazole rings is 1. The standard InChI is InChI=1S/C34H46N4O7S2/c1-22(2)19-38(47(41,42)26-12-13-28-31(18-26)46-33(36-28)35-25-10-11-25)20-30(39)29(17-23-7-4-3-5-8-23)37-34(40)44-16-14-24-21-45-32-27(24)9-6-15-43-32/h3-5,7-8,12-13,18,22,24-25,27,29-30,32,39H,6,9-11,14-17,19-21H2,1-2H3,(H,35,36)(H,37,40)/t24-,27-,29+,30-,32+/m1/s1. The molecule has 2 saturated heterocycles. The van der Waals surface area contributed by atoms with Gasteiger partial charge in [0.1, 0.15) is 0 Å². The molecule has 1 aliphatic carbocycles. The number of carbonyl (C=O) groups is 1. The Hall–Kier alpha value is -2.81. The van der Waals surface area contributed by atoms with Gasteiger partial charge in [-0.05, 0) is 74.1 Å². The van der Waals surface area contributed by atoms with E-state index in [2.05, 4.69) is 15.6 Å². The zero-order chi connectivity index (χ0) is 33.0. The minimum atomic E-state index is -3.99. The van der Waals surface area contributed by atoms with E-state index >= 15 is 0 Å². The van der Waals surface area contributed by atoms with Gasteiger partial charge in [-0.1, -0.05) is 55.5 Å². The lowest BCUT2D eigenvalue weighted by atomic mass is 9.87. The molecule has 0 unspecified atom stereocenters. The Balaban J connectivity index is 1.13. The molecule has 2 aliphatic heterocycles. The van der Waals surface area contributed by atoms with Crippen LogP contribution in [0.3, 0.4) is 0 Å². The Morgan fingerprint density at radius 3 is 2.70 bits per heavy atom. The van der Waals surface area contributed by atoms with Gasteiger partial charge in [-0.2, -0.15) is 4.31 Å². The number of anilines is 1. The number of rotatable bonds is 15. The number of aliphatic hydroxyl groups excluding tert-OH is 1. The van der Waals surface area contributed by atoms with Gasteiger partial charge in [0.2, 0.25) is 10.0 Å². The first kappa shape index (κ1) is 34.1. The molecule has 13 heteroatoms. The molecule has 3 fully saturated rings. The van der Waals surface area contributed by atoms with Crippen molar-refractivity contribution in [3.63, 3.8) is 0 Å². The Kier molecular flexibility index (Phi) is 11.0. The minimum Gasteiger partial charge on any atom is -0.450 e. The van der Waals surface area contributed by atoms with Crippen LogP contribution in [-0.4, -0.2) is 86.3 Å². The maximum atomic E-state index is 14.1. The highest BCUT2D eigenvalue weighted by molar-refractivity contribution is 7.89. The van der Waals surface area contributed by atoms with E-state index in [0.29, 0.717) is 38.0 Å². The van der Waals surface area contributed by atoms with Crippen molar-refractivity contribution in [1.82, 2.24) is 14.6 Å². The van der Waals surface area contributed by atoms with Gasteiger partial charge < -0.3 is 30.0 Å². The second-order valence-corrected chi connectivity index (χ2v) is 16.3. The third-order valence-electron chi connectivity index (χ3n) is 9.04. The van der Waals surface area contributed by atoms with E-state index < -0.39 is 28.3 Å². The number of alkyl carbamates (subject to hydrolysis) is 1. The van der Waals surface area contributed by atoms with Crippen molar-refractivity contribution >= 4 is 42.8 Å². The molecule has 2 aromatic carbocycles. The van der Waals surface area contributed by atoms with Crippen LogP contribution in [0.5, 0.6) is 0 Å². The van der Waals surface area contributed by atoms with Gasteiger partial charge in [0, 0.05) is 31.7 Å². The molecule has 6 rings (SSSR count). The number of nitrogens with zero attached hydrogens (tertiary/aromatic N) is 2.